The van der Waals surface area contributed by atoms with Gasteiger partial charge in [-0.15, -0.1) is 0 Å². The third-order valence-electron chi connectivity index (χ3n) is 2.86. The van der Waals surface area contributed by atoms with Crippen molar-refractivity contribution in [2.24, 2.45) is 0 Å². The maximum Gasteiger partial charge on any atom is 0.335 e. The van der Waals surface area contributed by atoms with Crippen LogP contribution in [0.2, 0.25) is 0 Å². The molecule has 0 spiro atoms. The van der Waals surface area contributed by atoms with Crippen molar-refractivity contribution in [2.75, 3.05) is 0 Å². The van der Waals surface area contributed by atoms with Gasteiger partial charge in [0.25, 0.3) is 0 Å². The monoisotopic (exact) mass is 244 g/mol. The predicted molar refractivity (Wildman–Crippen MR) is 69.8 cm³/mol. The van der Waals surface area contributed by atoms with Crippen LogP contribution in [0.1, 0.15) is 36.7 Å². The number of hydrogen-bond donors (Lipinski definition) is 1. The van der Waals surface area contributed by atoms with Crippen LogP contribution < -0.4 is 0 Å². The van der Waals surface area contributed by atoms with Gasteiger partial charge in [-0.3, -0.25) is 0 Å². The molecule has 1 aromatic carbocycles. The van der Waals surface area contributed by atoms with E-state index >= 15 is 0 Å². The predicted octanol–water partition coefficient (Wildman–Crippen LogP) is 3.94. The lowest BCUT2D eigenvalue weighted by Crippen LogP contribution is -2.13. The van der Waals surface area contributed by atoms with Crippen LogP contribution in [0.5, 0.6) is 0 Å². The van der Waals surface area contributed by atoms with Gasteiger partial charge < -0.3 is 9.52 Å². The minimum Gasteiger partial charge on any atom is -0.478 e. The summed E-state index contributed by atoms with van der Waals surface area (Å²) < 4.78 is 5.40. The van der Waals surface area contributed by atoms with Crippen molar-refractivity contribution >= 4 is 5.97 Å². The molecule has 3 heteroatoms. The Labute approximate surface area is 106 Å². The Morgan fingerprint density at radius 1 is 1.22 bits per heavy atom. The van der Waals surface area contributed by atoms with Crippen molar-refractivity contribution in [1.82, 2.24) is 0 Å². The summed E-state index contributed by atoms with van der Waals surface area (Å²) in [5.74, 6) is -0.230. The SMILES string of the molecule is CC(C)(C)c1ccc(C(=O)O)cc1-c1ccco1. The maximum atomic E-state index is 11.1. The molecule has 3 nitrogen and oxygen atoms in total. The second-order valence-electron chi connectivity index (χ2n) is 5.29. The molecule has 1 heterocycles. The van der Waals surface area contributed by atoms with Crippen LogP contribution in [-0.2, 0) is 5.41 Å². The summed E-state index contributed by atoms with van der Waals surface area (Å²) in [6.07, 6.45) is 1.59. The molecule has 2 aromatic rings. The Bertz CT molecular complexity index is 560. The van der Waals surface area contributed by atoms with Gasteiger partial charge in [-0.25, -0.2) is 4.79 Å². The zero-order valence-corrected chi connectivity index (χ0v) is 10.7. The van der Waals surface area contributed by atoms with Crippen LogP contribution >= 0.6 is 0 Å². The average molecular weight is 244 g/mol. The van der Waals surface area contributed by atoms with Gasteiger partial charge in [0.15, 0.2) is 0 Å². The highest BCUT2D eigenvalue weighted by molar-refractivity contribution is 5.89. The topological polar surface area (TPSA) is 50.4 Å². The van der Waals surface area contributed by atoms with Crippen LogP contribution in [0.3, 0.4) is 0 Å². The number of carboxylic acid groups (broad SMARTS) is 1. The maximum absolute atomic E-state index is 11.1. The van der Waals surface area contributed by atoms with Gasteiger partial charge >= 0.3 is 5.97 Å². The first-order valence-corrected chi connectivity index (χ1v) is 5.81. The van der Waals surface area contributed by atoms with E-state index in [0.29, 0.717) is 5.76 Å². The van der Waals surface area contributed by atoms with E-state index in [1.54, 1.807) is 24.5 Å². The van der Waals surface area contributed by atoms with E-state index < -0.39 is 5.97 Å². The zero-order chi connectivity index (χ0) is 13.3. The molecule has 0 fully saturated rings. The molecule has 0 amide bonds. The molecule has 0 aliphatic rings. The van der Waals surface area contributed by atoms with E-state index in [-0.39, 0.29) is 11.0 Å². The number of carboxylic acids is 1. The van der Waals surface area contributed by atoms with Crippen molar-refractivity contribution < 1.29 is 14.3 Å². The molecule has 0 atom stereocenters. The number of rotatable bonds is 2. The Balaban J connectivity index is 2.65. The molecule has 94 valence electrons. The number of furan rings is 1. The number of carbonyl (C=O) groups is 1. The van der Waals surface area contributed by atoms with E-state index in [1.807, 2.05) is 12.1 Å². The minimum absolute atomic E-state index is 0.0703. The first kappa shape index (κ1) is 12.4. The Morgan fingerprint density at radius 2 is 1.94 bits per heavy atom. The van der Waals surface area contributed by atoms with E-state index in [0.717, 1.165) is 11.1 Å². The molecule has 0 saturated carbocycles. The lowest BCUT2D eigenvalue weighted by Gasteiger charge is -2.22. The quantitative estimate of drug-likeness (QED) is 0.870. The first-order valence-electron chi connectivity index (χ1n) is 5.81. The Kier molecular flexibility index (Phi) is 2.99. The molecule has 0 aliphatic heterocycles. The summed E-state index contributed by atoms with van der Waals surface area (Å²) in [5.41, 5.74) is 2.11. The van der Waals surface area contributed by atoms with Crippen LogP contribution in [-0.4, -0.2) is 11.1 Å². The summed E-state index contributed by atoms with van der Waals surface area (Å²) in [5, 5.41) is 9.07. The van der Waals surface area contributed by atoms with Crippen molar-refractivity contribution in [3.8, 4) is 11.3 Å². The van der Waals surface area contributed by atoms with Crippen LogP contribution in [0.25, 0.3) is 11.3 Å². The van der Waals surface area contributed by atoms with Crippen LogP contribution in [0.15, 0.2) is 41.0 Å². The van der Waals surface area contributed by atoms with E-state index in [4.69, 9.17) is 9.52 Å². The molecular weight excluding hydrogens is 228 g/mol. The molecule has 1 aromatic heterocycles. The molecule has 0 saturated heterocycles. The lowest BCUT2D eigenvalue weighted by molar-refractivity contribution is 0.0697. The van der Waals surface area contributed by atoms with Gasteiger partial charge in [0, 0.05) is 5.56 Å². The van der Waals surface area contributed by atoms with Gasteiger partial charge in [-0.2, -0.15) is 0 Å². The summed E-state index contributed by atoms with van der Waals surface area (Å²) >= 11 is 0. The highest BCUT2D eigenvalue weighted by Gasteiger charge is 2.21. The number of aromatic carboxylic acids is 1. The van der Waals surface area contributed by atoms with Crippen molar-refractivity contribution in [1.29, 1.82) is 0 Å². The largest absolute Gasteiger partial charge is 0.478 e. The molecule has 2 rings (SSSR count). The summed E-state index contributed by atoms with van der Waals surface area (Å²) in [6, 6.07) is 8.81. The fraction of sp³-hybridized carbons (Fsp3) is 0.267. The Hall–Kier alpha value is -2.03. The van der Waals surface area contributed by atoms with Gasteiger partial charge in [-0.1, -0.05) is 26.8 Å². The average Bonchev–Trinajstić information content (AvgIpc) is 2.80. The second-order valence-corrected chi connectivity index (χ2v) is 5.29. The molecule has 0 radical (unpaired) electrons. The lowest BCUT2D eigenvalue weighted by atomic mass is 9.82. The summed E-state index contributed by atoms with van der Waals surface area (Å²) in [7, 11) is 0. The van der Waals surface area contributed by atoms with E-state index in [9.17, 15) is 4.79 Å². The Morgan fingerprint density at radius 3 is 2.44 bits per heavy atom. The van der Waals surface area contributed by atoms with Crippen molar-refractivity contribution in [2.45, 2.75) is 26.2 Å². The molecular formula is C15H16O3. The number of hydrogen-bond acceptors (Lipinski definition) is 2. The summed E-state index contributed by atoms with van der Waals surface area (Å²) in [6.45, 7) is 6.28. The zero-order valence-electron chi connectivity index (χ0n) is 10.7. The standard InChI is InChI=1S/C15H16O3/c1-15(2,3)12-7-6-10(14(16)17)9-11(12)13-5-4-8-18-13/h4-9H,1-3H3,(H,16,17). The third kappa shape index (κ3) is 2.30. The van der Waals surface area contributed by atoms with Gasteiger partial charge in [0.2, 0.25) is 0 Å². The molecule has 0 aliphatic carbocycles. The highest BCUT2D eigenvalue weighted by Crippen LogP contribution is 2.33. The smallest absolute Gasteiger partial charge is 0.335 e. The van der Waals surface area contributed by atoms with Gasteiger partial charge in [0.1, 0.15) is 5.76 Å². The van der Waals surface area contributed by atoms with E-state index in [2.05, 4.69) is 20.8 Å². The highest BCUT2D eigenvalue weighted by atomic mass is 16.4. The normalized spacial score (nSPS) is 11.5. The van der Waals surface area contributed by atoms with Gasteiger partial charge in [0.05, 0.1) is 11.8 Å². The fourth-order valence-corrected chi connectivity index (χ4v) is 1.97. The minimum atomic E-state index is -0.928. The fourth-order valence-electron chi connectivity index (χ4n) is 1.97. The molecule has 0 bridgehead atoms. The van der Waals surface area contributed by atoms with Crippen molar-refractivity contribution in [3.63, 3.8) is 0 Å². The van der Waals surface area contributed by atoms with E-state index in [1.165, 1.54) is 0 Å². The second kappa shape index (κ2) is 4.33. The van der Waals surface area contributed by atoms with Crippen LogP contribution in [0, 0.1) is 0 Å². The molecule has 18 heavy (non-hydrogen) atoms. The third-order valence-corrected chi connectivity index (χ3v) is 2.86. The first-order chi connectivity index (χ1) is 8.39. The molecule has 0 unspecified atom stereocenters. The van der Waals surface area contributed by atoms with Crippen LogP contribution in [0.4, 0.5) is 0 Å². The van der Waals surface area contributed by atoms with Crippen molar-refractivity contribution in [3.05, 3.63) is 47.7 Å². The van der Waals surface area contributed by atoms with Gasteiger partial charge in [-0.05, 0) is 35.2 Å². The summed E-state index contributed by atoms with van der Waals surface area (Å²) in [4.78, 5) is 11.1. The molecule has 1 N–H and O–H groups in total. The number of benzene rings is 1.